The van der Waals surface area contributed by atoms with Crippen LogP contribution in [-0.4, -0.2) is 34.8 Å². The highest BCUT2D eigenvalue weighted by molar-refractivity contribution is 14.0. The number of aliphatic imine (C=N–C) groups is 1. The molecule has 152 valence electrons. The Kier molecular flexibility index (Phi) is 7.89. The molecule has 1 aliphatic heterocycles. The second kappa shape index (κ2) is 9.94. The molecule has 0 saturated heterocycles. The largest absolute Gasteiger partial charge is 0.454 e. The van der Waals surface area contributed by atoms with Crippen molar-refractivity contribution < 1.29 is 17.9 Å². The standard InChI is InChI=1S/C18H22N4O4S.HI/c1-20-18(22-11-14-2-5-15(6-3-14)27(19,23)24)21-9-8-13-4-7-16-17(10-13)26-12-25-16;/h2-7,10H,8-9,11-12H2,1H3,(H2,19,23,24)(H2,20,21,22);1H. The van der Waals surface area contributed by atoms with Crippen molar-refractivity contribution in [3.8, 4) is 11.5 Å². The first-order valence-corrected chi connectivity index (χ1v) is 9.95. The van der Waals surface area contributed by atoms with E-state index in [1.807, 2.05) is 18.2 Å². The summed E-state index contributed by atoms with van der Waals surface area (Å²) in [6.07, 6.45) is 0.806. The van der Waals surface area contributed by atoms with Gasteiger partial charge in [0.15, 0.2) is 17.5 Å². The van der Waals surface area contributed by atoms with E-state index in [1.54, 1.807) is 19.2 Å². The number of rotatable bonds is 6. The van der Waals surface area contributed by atoms with Gasteiger partial charge in [-0.15, -0.1) is 24.0 Å². The van der Waals surface area contributed by atoms with E-state index in [0.29, 0.717) is 19.0 Å². The maximum absolute atomic E-state index is 11.3. The maximum atomic E-state index is 11.3. The Morgan fingerprint density at radius 2 is 1.75 bits per heavy atom. The Morgan fingerprint density at radius 1 is 1.07 bits per heavy atom. The van der Waals surface area contributed by atoms with Crippen LogP contribution in [0.25, 0.3) is 0 Å². The van der Waals surface area contributed by atoms with Gasteiger partial charge in [-0.25, -0.2) is 13.6 Å². The number of guanidine groups is 1. The number of nitrogens with zero attached hydrogens (tertiary/aromatic N) is 1. The zero-order valence-electron chi connectivity index (χ0n) is 15.3. The van der Waals surface area contributed by atoms with Crippen LogP contribution in [0, 0.1) is 0 Å². The summed E-state index contributed by atoms with van der Waals surface area (Å²) in [6, 6.07) is 12.3. The van der Waals surface area contributed by atoms with Gasteiger partial charge in [0.2, 0.25) is 16.8 Å². The van der Waals surface area contributed by atoms with Gasteiger partial charge >= 0.3 is 0 Å². The molecular formula is C18H23IN4O4S. The van der Waals surface area contributed by atoms with Crippen molar-refractivity contribution in [2.75, 3.05) is 20.4 Å². The average Bonchev–Trinajstić information content (AvgIpc) is 3.12. The number of fused-ring (bicyclic) bond motifs is 1. The molecule has 0 atom stereocenters. The summed E-state index contributed by atoms with van der Waals surface area (Å²) in [7, 11) is -1.98. The summed E-state index contributed by atoms with van der Waals surface area (Å²) in [5, 5.41) is 11.5. The summed E-state index contributed by atoms with van der Waals surface area (Å²) in [5.41, 5.74) is 2.06. The third-order valence-corrected chi connectivity index (χ3v) is 5.01. The maximum Gasteiger partial charge on any atom is 0.238 e. The van der Waals surface area contributed by atoms with Gasteiger partial charge in [0.25, 0.3) is 0 Å². The van der Waals surface area contributed by atoms with E-state index in [9.17, 15) is 8.42 Å². The van der Waals surface area contributed by atoms with Crippen LogP contribution in [0.15, 0.2) is 52.4 Å². The van der Waals surface area contributed by atoms with Crippen molar-refractivity contribution in [1.82, 2.24) is 10.6 Å². The van der Waals surface area contributed by atoms with E-state index in [4.69, 9.17) is 14.6 Å². The molecule has 4 N–H and O–H groups in total. The van der Waals surface area contributed by atoms with Gasteiger partial charge < -0.3 is 20.1 Å². The molecule has 8 nitrogen and oxygen atoms in total. The molecule has 0 saturated carbocycles. The van der Waals surface area contributed by atoms with E-state index in [0.717, 1.165) is 29.0 Å². The van der Waals surface area contributed by atoms with E-state index in [1.165, 1.54) is 12.1 Å². The number of hydrogen-bond acceptors (Lipinski definition) is 5. The SMILES string of the molecule is CN=C(NCCc1ccc2c(c1)OCO2)NCc1ccc(S(N)(=O)=O)cc1.I. The van der Waals surface area contributed by atoms with E-state index in [-0.39, 0.29) is 35.7 Å². The van der Waals surface area contributed by atoms with Crippen molar-refractivity contribution >= 4 is 40.0 Å². The highest BCUT2D eigenvalue weighted by Crippen LogP contribution is 2.32. The first kappa shape index (κ1) is 22.2. The third kappa shape index (κ3) is 5.97. The predicted molar refractivity (Wildman–Crippen MR) is 118 cm³/mol. The zero-order valence-corrected chi connectivity index (χ0v) is 18.5. The Morgan fingerprint density at radius 3 is 2.43 bits per heavy atom. The van der Waals surface area contributed by atoms with Gasteiger partial charge in [-0.3, -0.25) is 4.99 Å². The van der Waals surface area contributed by atoms with E-state index >= 15 is 0 Å². The van der Waals surface area contributed by atoms with Gasteiger partial charge in [-0.05, 0) is 41.8 Å². The van der Waals surface area contributed by atoms with Gasteiger partial charge in [0, 0.05) is 20.1 Å². The van der Waals surface area contributed by atoms with Crippen LogP contribution in [0.4, 0.5) is 0 Å². The number of nitrogens with one attached hydrogen (secondary N) is 2. The van der Waals surface area contributed by atoms with Crippen LogP contribution in [0.5, 0.6) is 11.5 Å². The van der Waals surface area contributed by atoms with Crippen LogP contribution >= 0.6 is 24.0 Å². The molecule has 2 aromatic rings. The van der Waals surface area contributed by atoms with Crippen molar-refractivity contribution in [2.24, 2.45) is 10.1 Å². The number of hydrogen-bond donors (Lipinski definition) is 3. The quantitative estimate of drug-likeness (QED) is 0.304. The van der Waals surface area contributed by atoms with Crippen LogP contribution < -0.4 is 25.2 Å². The minimum absolute atomic E-state index is 0. The summed E-state index contributed by atoms with van der Waals surface area (Å²) in [4.78, 5) is 4.28. The molecule has 0 spiro atoms. The van der Waals surface area contributed by atoms with Crippen LogP contribution in [-0.2, 0) is 23.0 Å². The fraction of sp³-hybridized carbons (Fsp3) is 0.278. The summed E-state index contributed by atoms with van der Waals surface area (Å²) < 4.78 is 33.2. The van der Waals surface area contributed by atoms with Gasteiger partial charge in [0.05, 0.1) is 4.90 Å². The number of ether oxygens (including phenoxy) is 2. The van der Waals surface area contributed by atoms with Crippen molar-refractivity contribution in [3.63, 3.8) is 0 Å². The van der Waals surface area contributed by atoms with Gasteiger partial charge in [-0.1, -0.05) is 18.2 Å². The first-order valence-electron chi connectivity index (χ1n) is 8.40. The number of primary sulfonamides is 1. The number of nitrogens with two attached hydrogens (primary N) is 1. The topological polar surface area (TPSA) is 115 Å². The summed E-state index contributed by atoms with van der Waals surface area (Å²) in [5.74, 6) is 2.21. The zero-order chi connectivity index (χ0) is 19.3. The summed E-state index contributed by atoms with van der Waals surface area (Å²) in [6.45, 7) is 1.48. The molecule has 0 bridgehead atoms. The monoisotopic (exact) mass is 518 g/mol. The van der Waals surface area contributed by atoms with Gasteiger partial charge in [0.1, 0.15) is 0 Å². The lowest BCUT2D eigenvalue weighted by Gasteiger charge is -2.12. The molecule has 28 heavy (non-hydrogen) atoms. The molecule has 0 unspecified atom stereocenters. The summed E-state index contributed by atoms with van der Waals surface area (Å²) >= 11 is 0. The molecule has 0 aromatic heterocycles. The number of halogens is 1. The number of sulfonamides is 1. The van der Waals surface area contributed by atoms with Crippen LogP contribution in [0.2, 0.25) is 0 Å². The molecule has 0 aliphatic carbocycles. The third-order valence-electron chi connectivity index (χ3n) is 4.08. The minimum Gasteiger partial charge on any atom is -0.454 e. The fourth-order valence-corrected chi connectivity index (χ4v) is 3.14. The molecule has 2 aromatic carbocycles. The second-order valence-electron chi connectivity index (χ2n) is 5.98. The number of benzene rings is 2. The lowest BCUT2D eigenvalue weighted by molar-refractivity contribution is 0.174. The van der Waals surface area contributed by atoms with Crippen molar-refractivity contribution in [1.29, 1.82) is 0 Å². The Labute approximate surface area is 181 Å². The van der Waals surface area contributed by atoms with Gasteiger partial charge in [-0.2, -0.15) is 0 Å². The van der Waals surface area contributed by atoms with E-state index < -0.39 is 10.0 Å². The molecule has 0 amide bonds. The van der Waals surface area contributed by atoms with Crippen LogP contribution in [0.3, 0.4) is 0 Å². The molecule has 0 fully saturated rings. The lowest BCUT2D eigenvalue weighted by atomic mass is 10.1. The van der Waals surface area contributed by atoms with E-state index in [2.05, 4.69) is 15.6 Å². The Balaban J connectivity index is 0.00000280. The molecule has 10 heteroatoms. The lowest BCUT2D eigenvalue weighted by Crippen LogP contribution is -2.37. The highest BCUT2D eigenvalue weighted by Gasteiger charge is 2.13. The first-order chi connectivity index (χ1) is 13.0. The molecule has 1 aliphatic rings. The average molecular weight is 518 g/mol. The molecule has 0 radical (unpaired) electrons. The Bertz CT molecular complexity index is 933. The Hall–Kier alpha value is -2.05. The second-order valence-corrected chi connectivity index (χ2v) is 7.54. The van der Waals surface area contributed by atoms with Crippen molar-refractivity contribution in [3.05, 3.63) is 53.6 Å². The molecule has 1 heterocycles. The molecular weight excluding hydrogens is 495 g/mol. The predicted octanol–water partition coefficient (Wildman–Crippen LogP) is 1.59. The normalized spacial score (nSPS) is 13.0. The fourth-order valence-electron chi connectivity index (χ4n) is 2.63. The minimum atomic E-state index is -3.67. The highest BCUT2D eigenvalue weighted by atomic mass is 127. The molecule has 3 rings (SSSR count). The van der Waals surface area contributed by atoms with Crippen molar-refractivity contribution in [2.45, 2.75) is 17.9 Å². The smallest absolute Gasteiger partial charge is 0.238 e. The van der Waals surface area contributed by atoms with Crippen LogP contribution in [0.1, 0.15) is 11.1 Å².